The summed E-state index contributed by atoms with van der Waals surface area (Å²) < 4.78 is 5.76. The summed E-state index contributed by atoms with van der Waals surface area (Å²) in [6.07, 6.45) is 1.07. The van der Waals surface area contributed by atoms with Gasteiger partial charge in [0, 0.05) is 18.3 Å². The van der Waals surface area contributed by atoms with Crippen LogP contribution in [0.3, 0.4) is 0 Å². The minimum Gasteiger partial charge on any atom is -0.494 e. The zero-order valence-electron chi connectivity index (χ0n) is 15.1. The number of carbonyl (C=O) groups excluding carboxylic acids is 1. The largest absolute Gasteiger partial charge is 0.494 e. The number of fused-ring (bicyclic) bond motifs is 1. The molecular formula is C20H23N3O2S. The Kier molecular flexibility index (Phi) is 6.20. The van der Waals surface area contributed by atoms with Gasteiger partial charge in [0.1, 0.15) is 5.75 Å². The number of nitrogens with one attached hydrogen (secondary N) is 1. The maximum atomic E-state index is 12.0. The number of nitrogens with zero attached hydrogens (tertiary/aromatic N) is 2. The van der Waals surface area contributed by atoms with Gasteiger partial charge in [0.25, 0.3) is 0 Å². The molecule has 0 spiro atoms. The maximum Gasteiger partial charge on any atom is 0.226 e. The van der Waals surface area contributed by atoms with Gasteiger partial charge in [0.2, 0.25) is 5.91 Å². The topological polar surface area (TPSA) is 54.5 Å². The summed E-state index contributed by atoms with van der Waals surface area (Å²) in [6.45, 7) is 1.28. The fourth-order valence-electron chi connectivity index (χ4n) is 2.62. The molecule has 0 aliphatic carbocycles. The van der Waals surface area contributed by atoms with Crippen LogP contribution >= 0.6 is 11.3 Å². The highest BCUT2D eigenvalue weighted by Gasteiger charge is 2.07. The Morgan fingerprint density at radius 3 is 2.81 bits per heavy atom. The van der Waals surface area contributed by atoms with Crippen molar-refractivity contribution in [3.63, 3.8) is 0 Å². The quantitative estimate of drug-likeness (QED) is 0.606. The van der Waals surface area contributed by atoms with Crippen molar-refractivity contribution in [3.8, 4) is 5.75 Å². The van der Waals surface area contributed by atoms with Crippen LogP contribution in [0.25, 0.3) is 10.8 Å². The van der Waals surface area contributed by atoms with Crippen molar-refractivity contribution in [1.82, 2.24) is 9.88 Å². The van der Waals surface area contributed by atoms with Crippen LogP contribution in [0.2, 0.25) is 0 Å². The molecule has 1 heterocycles. The Morgan fingerprint density at radius 1 is 1.19 bits per heavy atom. The van der Waals surface area contributed by atoms with Crippen LogP contribution in [0.1, 0.15) is 18.5 Å². The number of anilines is 1. The lowest BCUT2D eigenvalue weighted by molar-refractivity contribution is -0.116. The van der Waals surface area contributed by atoms with Crippen LogP contribution in [0, 0.1) is 0 Å². The first-order chi connectivity index (χ1) is 12.6. The van der Waals surface area contributed by atoms with Crippen LogP contribution in [0.5, 0.6) is 5.75 Å². The molecule has 2 aromatic carbocycles. The van der Waals surface area contributed by atoms with Crippen molar-refractivity contribution >= 4 is 33.1 Å². The molecular weight excluding hydrogens is 346 g/mol. The summed E-state index contributed by atoms with van der Waals surface area (Å²) in [5.41, 5.74) is 0.968. The average Bonchev–Trinajstić information content (AvgIpc) is 3.04. The third kappa shape index (κ3) is 5.28. The van der Waals surface area contributed by atoms with E-state index in [9.17, 15) is 4.79 Å². The smallest absolute Gasteiger partial charge is 0.226 e. The van der Waals surface area contributed by atoms with Gasteiger partial charge in [-0.25, -0.2) is 4.98 Å². The Bertz CT molecular complexity index is 876. The van der Waals surface area contributed by atoms with E-state index in [-0.39, 0.29) is 5.91 Å². The van der Waals surface area contributed by atoms with Crippen LogP contribution in [0.4, 0.5) is 5.13 Å². The Morgan fingerprint density at radius 2 is 2.00 bits per heavy atom. The predicted molar refractivity (Wildman–Crippen MR) is 107 cm³/mol. The lowest BCUT2D eigenvalue weighted by Gasteiger charge is -2.07. The predicted octanol–water partition coefficient (Wildman–Crippen LogP) is 4.16. The second kappa shape index (κ2) is 8.78. The molecule has 3 aromatic rings. The molecule has 0 aliphatic heterocycles. The third-order valence-electron chi connectivity index (χ3n) is 3.81. The second-order valence-electron chi connectivity index (χ2n) is 6.39. The molecule has 0 fully saturated rings. The first kappa shape index (κ1) is 18.4. The monoisotopic (exact) mass is 369 g/mol. The van der Waals surface area contributed by atoms with E-state index >= 15 is 0 Å². The van der Waals surface area contributed by atoms with E-state index in [2.05, 4.69) is 22.4 Å². The van der Waals surface area contributed by atoms with E-state index in [0.717, 1.165) is 23.4 Å². The highest BCUT2D eigenvalue weighted by molar-refractivity contribution is 7.13. The normalized spacial score (nSPS) is 11.0. The van der Waals surface area contributed by atoms with Crippen molar-refractivity contribution < 1.29 is 9.53 Å². The molecule has 26 heavy (non-hydrogen) atoms. The zero-order chi connectivity index (χ0) is 18.4. The second-order valence-corrected chi connectivity index (χ2v) is 7.25. The van der Waals surface area contributed by atoms with Crippen molar-refractivity contribution in [2.45, 2.75) is 19.4 Å². The Labute approximate surface area is 157 Å². The lowest BCUT2D eigenvalue weighted by atomic mass is 10.1. The molecule has 0 saturated heterocycles. The molecule has 0 bridgehead atoms. The maximum absolute atomic E-state index is 12.0. The lowest BCUT2D eigenvalue weighted by Crippen LogP contribution is -2.13. The Hall–Kier alpha value is -2.44. The number of benzene rings is 2. The van der Waals surface area contributed by atoms with Crippen LogP contribution in [-0.2, 0) is 11.3 Å². The summed E-state index contributed by atoms with van der Waals surface area (Å²) >= 11 is 1.46. The van der Waals surface area contributed by atoms with Crippen LogP contribution in [-0.4, -0.2) is 36.5 Å². The van der Waals surface area contributed by atoms with Crippen molar-refractivity contribution in [3.05, 3.63) is 53.5 Å². The molecule has 5 nitrogen and oxygen atoms in total. The van der Waals surface area contributed by atoms with Gasteiger partial charge in [-0.1, -0.05) is 30.3 Å². The molecule has 0 unspecified atom stereocenters. The summed E-state index contributed by atoms with van der Waals surface area (Å²) in [4.78, 5) is 18.5. The van der Waals surface area contributed by atoms with Crippen molar-refractivity contribution in [1.29, 1.82) is 0 Å². The SMILES string of the molecule is CN(C)Cc1csc(NC(=O)CCCOc2ccc3ccccc3c2)n1. The van der Waals surface area contributed by atoms with E-state index < -0.39 is 0 Å². The van der Waals surface area contributed by atoms with Gasteiger partial charge in [-0.05, 0) is 43.4 Å². The minimum atomic E-state index is -0.0298. The molecule has 0 radical (unpaired) electrons. The fraction of sp³-hybridized carbons (Fsp3) is 0.300. The highest BCUT2D eigenvalue weighted by atomic mass is 32.1. The van der Waals surface area contributed by atoms with Crippen molar-refractivity contribution in [2.24, 2.45) is 0 Å². The number of ether oxygens (including phenoxy) is 1. The fourth-order valence-corrected chi connectivity index (χ4v) is 3.34. The summed E-state index contributed by atoms with van der Waals surface area (Å²) in [5, 5.41) is 7.82. The van der Waals surface area contributed by atoms with Gasteiger partial charge in [-0.15, -0.1) is 11.3 Å². The van der Waals surface area contributed by atoms with E-state index in [1.807, 2.05) is 54.7 Å². The van der Waals surface area contributed by atoms with Gasteiger partial charge in [0.15, 0.2) is 5.13 Å². The van der Waals surface area contributed by atoms with E-state index in [4.69, 9.17) is 4.74 Å². The van der Waals surface area contributed by atoms with Gasteiger partial charge in [0.05, 0.1) is 12.3 Å². The molecule has 6 heteroatoms. The summed E-state index contributed by atoms with van der Waals surface area (Å²) in [7, 11) is 3.99. The standard InChI is InChI=1S/C20H23N3O2S/c1-23(2)13-17-14-26-20(21-17)22-19(24)8-5-11-25-18-10-9-15-6-3-4-7-16(15)12-18/h3-4,6-7,9-10,12,14H,5,8,11,13H2,1-2H3,(H,21,22,24). The summed E-state index contributed by atoms with van der Waals surface area (Å²) in [6, 6.07) is 14.2. The highest BCUT2D eigenvalue weighted by Crippen LogP contribution is 2.21. The van der Waals surface area contributed by atoms with E-state index in [0.29, 0.717) is 24.6 Å². The number of carbonyl (C=O) groups is 1. The molecule has 136 valence electrons. The van der Waals surface area contributed by atoms with E-state index in [1.54, 1.807) is 0 Å². The number of thiazole rings is 1. The first-order valence-electron chi connectivity index (χ1n) is 8.61. The number of rotatable bonds is 8. The molecule has 3 rings (SSSR count). The number of amides is 1. The number of hydrogen-bond donors (Lipinski definition) is 1. The van der Waals surface area contributed by atoms with Crippen molar-refractivity contribution in [2.75, 3.05) is 26.0 Å². The third-order valence-corrected chi connectivity index (χ3v) is 4.62. The molecule has 0 aliphatic rings. The van der Waals surface area contributed by atoms with Crippen LogP contribution in [0.15, 0.2) is 47.8 Å². The van der Waals surface area contributed by atoms with Gasteiger partial charge in [-0.3, -0.25) is 4.79 Å². The minimum absolute atomic E-state index is 0.0298. The first-order valence-corrected chi connectivity index (χ1v) is 9.49. The number of hydrogen-bond acceptors (Lipinski definition) is 5. The summed E-state index contributed by atoms with van der Waals surface area (Å²) in [5.74, 6) is 0.801. The molecule has 0 atom stereocenters. The molecule has 1 N–H and O–H groups in total. The molecule has 1 amide bonds. The molecule has 0 saturated carbocycles. The van der Waals surface area contributed by atoms with Gasteiger partial charge < -0.3 is 15.0 Å². The zero-order valence-corrected chi connectivity index (χ0v) is 15.9. The Balaban J connectivity index is 1.41. The number of aromatic nitrogens is 1. The van der Waals surface area contributed by atoms with Gasteiger partial charge in [-0.2, -0.15) is 0 Å². The molecule has 1 aromatic heterocycles. The van der Waals surface area contributed by atoms with Crippen LogP contribution < -0.4 is 10.1 Å². The van der Waals surface area contributed by atoms with Gasteiger partial charge >= 0.3 is 0 Å². The average molecular weight is 369 g/mol. The van der Waals surface area contributed by atoms with E-state index in [1.165, 1.54) is 16.7 Å².